The van der Waals surface area contributed by atoms with Crippen molar-refractivity contribution in [2.75, 3.05) is 6.61 Å². The molecule has 0 atom stereocenters. The van der Waals surface area contributed by atoms with Gasteiger partial charge in [-0.1, -0.05) is 0 Å². The Morgan fingerprint density at radius 1 is 1.26 bits per heavy atom. The number of aromatic amines is 2. The van der Waals surface area contributed by atoms with Crippen LogP contribution in [0.25, 0.3) is 11.2 Å². The number of hydrogen-bond donors (Lipinski definition) is 4. The summed E-state index contributed by atoms with van der Waals surface area (Å²) in [5.41, 5.74) is -4.31. The number of hydrogen-bond acceptors (Lipinski definition) is 6. The highest BCUT2D eigenvalue weighted by Gasteiger charge is 2.18. The Balaban J connectivity index is 3.05. The number of aromatic nitrogens is 4. The molecule has 2 aromatic heterocycles. The summed E-state index contributed by atoms with van der Waals surface area (Å²) >= 11 is 0. The van der Waals surface area contributed by atoms with Gasteiger partial charge in [-0.3, -0.25) is 24.1 Å². The van der Waals surface area contributed by atoms with Crippen molar-refractivity contribution in [3.05, 3.63) is 36.9 Å². The van der Waals surface area contributed by atoms with Crippen molar-refractivity contribution in [1.29, 1.82) is 0 Å². The minimum absolute atomic E-state index is 0.238. The predicted molar refractivity (Wildman–Crippen MR) is 61.3 cm³/mol. The number of aliphatic hydroxyl groups is 1. The average Bonchev–Trinajstić information content (AvgIpc) is 2.32. The first-order valence-corrected chi connectivity index (χ1v) is 5.07. The van der Waals surface area contributed by atoms with Crippen LogP contribution in [-0.4, -0.2) is 42.3 Å². The number of nitrogens with zero attached hydrogens (tertiary/aromatic N) is 2. The zero-order chi connectivity index (χ0) is 14.2. The fourth-order valence-electron chi connectivity index (χ4n) is 1.61. The zero-order valence-corrected chi connectivity index (χ0v) is 9.34. The van der Waals surface area contributed by atoms with E-state index < -0.39 is 40.6 Å². The number of fused-ring (bicyclic) bond motifs is 1. The first-order chi connectivity index (χ1) is 8.95. The molecule has 0 amide bonds. The molecule has 2 aromatic rings. The van der Waals surface area contributed by atoms with E-state index in [2.05, 4.69) is 9.97 Å². The quantitative estimate of drug-likeness (QED) is 0.477. The van der Waals surface area contributed by atoms with Crippen LogP contribution in [0.3, 0.4) is 0 Å². The minimum atomic E-state index is -1.61. The van der Waals surface area contributed by atoms with E-state index >= 15 is 0 Å². The molecule has 0 saturated heterocycles. The monoisotopic (exact) mass is 268 g/mol. The molecule has 4 N–H and O–H groups in total. The van der Waals surface area contributed by atoms with Crippen LogP contribution < -0.4 is 16.8 Å². The molecule has 0 fully saturated rings. The Hall–Kier alpha value is -2.75. The Morgan fingerprint density at radius 2 is 1.95 bits per heavy atom. The topological polar surface area (TPSA) is 158 Å². The maximum atomic E-state index is 11.8. The molecule has 0 radical (unpaired) electrons. The zero-order valence-electron chi connectivity index (χ0n) is 9.34. The SMILES string of the molecule is O=C(O)c1nc2c(=O)[nH]c(=O)[nH]c2n(CCO)c1=O. The number of carboxylic acid groups (broad SMARTS) is 1. The predicted octanol–water partition coefficient (Wildman–Crippen LogP) is -2.54. The number of carbonyl (C=O) groups is 1. The summed E-state index contributed by atoms with van der Waals surface area (Å²) in [4.78, 5) is 52.9. The lowest BCUT2D eigenvalue weighted by Crippen LogP contribution is -2.34. The first kappa shape index (κ1) is 12.7. The summed E-state index contributed by atoms with van der Waals surface area (Å²) in [5.74, 6) is -1.61. The molecule has 0 aliphatic rings. The second kappa shape index (κ2) is 4.49. The van der Waals surface area contributed by atoms with Gasteiger partial charge < -0.3 is 10.2 Å². The maximum Gasteiger partial charge on any atom is 0.360 e. The van der Waals surface area contributed by atoms with Gasteiger partial charge in [0.25, 0.3) is 11.1 Å². The Labute approximate surface area is 103 Å². The summed E-state index contributed by atoms with van der Waals surface area (Å²) < 4.78 is 0.780. The number of rotatable bonds is 3. The average molecular weight is 268 g/mol. The Morgan fingerprint density at radius 3 is 2.53 bits per heavy atom. The molecular formula is C9H8N4O6. The van der Waals surface area contributed by atoms with Crippen molar-refractivity contribution in [1.82, 2.24) is 19.5 Å². The van der Waals surface area contributed by atoms with Crippen LogP contribution in [0.15, 0.2) is 14.4 Å². The van der Waals surface area contributed by atoms with E-state index in [1.54, 1.807) is 0 Å². The second-order valence-electron chi connectivity index (χ2n) is 3.55. The maximum absolute atomic E-state index is 11.8. The van der Waals surface area contributed by atoms with Crippen LogP contribution >= 0.6 is 0 Å². The van der Waals surface area contributed by atoms with Crippen molar-refractivity contribution in [2.24, 2.45) is 0 Å². The highest BCUT2D eigenvalue weighted by molar-refractivity contribution is 5.87. The largest absolute Gasteiger partial charge is 0.476 e. The van der Waals surface area contributed by atoms with Gasteiger partial charge in [0.15, 0.2) is 5.52 Å². The summed E-state index contributed by atoms with van der Waals surface area (Å²) in [6.07, 6.45) is 0. The smallest absolute Gasteiger partial charge is 0.360 e. The number of aromatic carboxylic acids is 1. The normalized spacial score (nSPS) is 10.8. The minimum Gasteiger partial charge on any atom is -0.476 e. The van der Waals surface area contributed by atoms with Crippen molar-refractivity contribution in [3.63, 3.8) is 0 Å². The van der Waals surface area contributed by atoms with Gasteiger partial charge in [0.05, 0.1) is 13.2 Å². The van der Waals surface area contributed by atoms with Crippen LogP contribution in [-0.2, 0) is 6.54 Å². The standard InChI is InChI=1S/C9H8N4O6/c14-2-1-13-5-3(6(15)12-9(19)11-5)10-4(7(13)16)8(17)18/h14H,1-2H2,(H,17,18)(H2,11,12,15,19). The van der Waals surface area contributed by atoms with Crippen molar-refractivity contribution in [3.8, 4) is 0 Å². The van der Waals surface area contributed by atoms with Crippen molar-refractivity contribution in [2.45, 2.75) is 6.54 Å². The van der Waals surface area contributed by atoms with E-state index in [1.165, 1.54) is 0 Å². The van der Waals surface area contributed by atoms with Gasteiger partial charge in [0.1, 0.15) is 5.65 Å². The molecule has 0 saturated carbocycles. The van der Waals surface area contributed by atoms with Crippen molar-refractivity contribution < 1.29 is 15.0 Å². The molecule has 10 nitrogen and oxygen atoms in total. The van der Waals surface area contributed by atoms with Gasteiger partial charge in [0.2, 0.25) is 5.69 Å². The summed E-state index contributed by atoms with van der Waals surface area (Å²) in [5, 5.41) is 17.7. The molecule has 2 heterocycles. The van der Waals surface area contributed by atoms with E-state index in [0.717, 1.165) is 4.57 Å². The molecular weight excluding hydrogens is 260 g/mol. The number of H-pyrrole nitrogens is 2. The molecule has 0 bridgehead atoms. The fourth-order valence-corrected chi connectivity index (χ4v) is 1.61. The lowest BCUT2D eigenvalue weighted by atomic mass is 10.4. The lowest BCUT2D eigenvalue weighted by molar-refractivity contribution is 0.0687. The van der Waals surface area contributed by atoms with Crippen LogP contribution in [0, 0.1) is 0 Å². The molecule has 0 aromatic carbocycles. The van der Waals surface area contributed by atoms with E-state index in [-0.39, 0.29) is 12.2 Å². The first-order valence-electron chi connectivity index (χ1n) is 5.07. The van der Waals surface area contributed by atoms with Gasteiger partial charge >= 0.3 is 11.7 Å². The molecule has 19 heavy (non-hydrogen) atoms. The third kappa shape index (κ3) is 2.04. The molecule has 0 spiro atoms. The third-order valence-corrected chi connectivity index (χ3v) is 2.37. The molecule has 10 heteroatoms. The van der Waals surface area contributed by atoms with Crippen LogP contribution in [0.5, 0.6) is 0 Å². The number of carboxylic acids is 1. The molecule has 2 rings (SSSR count). The second-order valence-corrected chi connectivity index (χ2v) is 3.55. The van der Waals surface area contributed by atoms with E-state index in [1.807, 2.05) is 4.98 Å². The summed E-state index contributed by atoms with van der Waals surface area (Å²) in [6.45, 7) is -0.759. The Kier molecular flexibility index (Phi) is 3.00. The van der Waals surface area contributed by atoms with Crippen LogP contribution in [0.4, 0.5) is 0 Å². The Bertz CT molecular complexity index is 829. The summed E-state index contributed by atoms with van der Waals surface area (Å²) in [7, 11) is 0. The highest BCUT2D eigenvalue weighted by atomic mass is 16.4. The molecule has 0 aliphatic carbocycles. The number of nitrogens with one attached hydrogen (secondary N) is 2. The summed E-state index contributed by atoms with van der Waals surface area (Å²) in [6, 6.07) is 0. The van der Waals surface area contributed by atoms with E-state index in [4.69, 9.17) is 10.2 Å². The van der Waals surface area contributed by atoms with Gasteiger partial charge in [-0.25, -0.2) is 14.6 Å². The van der Waals surface area contributed by atoms with E-state index in [0.29, 0.717) is 0 Å². The highest BCUT2D eigenvalue weighted by Crippen LogP contribution is 2.00. The van der Waals surface area contributed by atoms with Crippen LogP contribution in [0.2, 0.25) is 0 Å². The van der Waals surface area contributed by atoms with Gasteiger partial charge in [-0.15, -0.1) is 0 Å². The molecule has 100 valence electrons. The molecule has 0 unspecified atom stereocenters. The molecule has 0 aliphatic heterocycles. The third-order valence-electron chi connectivity index (χ3n) is 2.37. The number of aliphatic hydroxyl groups excluding tert-OH is 1. The van der Waals surface area contributed by atoms with Gasteiger partial charge in [-0.2, -0.15) is 0 Å². The van der Waals surface area contributed by atoms with Gasteiger partial charge in [0, 0.05) is 0 Å². The van der Waals surface area contributed by atoms with Crippen LogP contribution in [0.1, 0.15) is 10.5 Å². The van der Waals surface area contributed by atoms with E-state index in [9.17, 15) is 19.2 Å². The van der Waals surface area contributed by atoms with Gasteiger partial charge in [-0.05, 0) is 0 Å². The van der Waals surface area contributed by atoms with Crippen molar-refractivity contribution >= 4 is 17.1 Å². The fraction of sp³-hybridized carbons (Fsp3) is 0.222. The lowest BCUT2D eigenvalue weighted by Gasteiger charge is -2.08.